The predicted octanol–water partition coefficient (Wildman–Crippen LogP) is 1.07. The minimum Gasteiger partial charge on any atom is -0.375 e. The number of ether oxygens (including phenoxy) is 1. The molecule has 66 valence electrons. The molecule has 1 fully saturated rings. The van der Waals surface area contributed by atoms with Crippen LogP contribution in [0.4, 0.5) is 4.39 Å². The molecule has 1 aliphatic rings. The molecule has 1 saturated heterocycles. The number of nitrogens with zero attached hydrogens (tertiary/aromatic N) is 1. The first-order chi connectivity index (χ1) is 5.36. The zero-order valence-electron chi connectivity index (χ0n) is 7.05. The van der Waals surface area contributed by atoms with Crippen LogP contribution in [0.2, 0.25) is 0 Å². The normalized spacial score (nSPS) is 27.3. The molecular formula is C8H16FNO. The quantitative estimate of drug-likeness (QED) is 0.614. The van der Waals surface area contributed by atoms with Crippen LogP contribution in [0, 0.1) is 0 Å². The Morgan fingerprint density at radius 1 is 1.64 bits per heavy atom. The summed E-state index contributed by atoms with van der Waals surface area (Å²) in [5.74, 6) is 0. The number of likely N-dealkylation sites (N-methyl/N-ethyl adjacent to an activating group) is 1. The van der Waals surface area contributed by atoms with Crippen molar-refractivity contribution in [2.75, 3.05) is 32.9 Å². The lowest BCUT2D eigenvalue weighted by atomic mass is 10.2. The molecule has 0 radical (unpaired) electrons. The van der Waals surface area contributed by atoms with Gasteiger partial charge in [-0.2, -0.15) is 0 Å². The van der Waals surface area contributed by atoms with E-state index in [2.05, 4.69) is 11.8 Å². The zero-order valence-corrected chi connectivity index (χ0v) is 7.05. The summed E-state index contributed by atoms with van der Waals surface area (Å²) in [5.41, 5.74) is 0. The van der Waals surface area contributed by atoms with Gasteiger partial charge in [0.05, 0.1) is 19.4 Å². The van der Waals surface area contributed by atoms with Crippen LogP contribution in [-0.2, 0) is 4.74 Å². The highest BCUT2D eigenvalue weighted by atomic mass is 19.1. The van der Waals surface area contributed by atoms with Crippen molar-refractivity contribution in [3.8, 4) is 0 Å². The molecular weight excluding hydrogens is 145 g/mol. The second kappa shape index (κ2) is 4.67. The topological polar surface area (TPSA) is 12.5 Å². The molecule has 3 heteroatoms. The second-order valence-electron chi connectivity index (χ2n) is 2.86. The van der Waals surface area contributed by atoms with Gasteiger partial charge >= 0.3 is 0 Å². The Balaban J connectivity index is 2.21. The van der Waals surface area contributed by atoms with Crippen molar-refractivity contribution in [2.45, 2.75) is 19.4 Å². The van der Waals surface area contributed by atoms with E-state index in [0.29, 0.717) is 6.42 Å². The highest BCUT2D eigenvalue weighted by Crippen LogP contribution is 2.07. The monoisotopic (exact) mass is 161 g/mol. The van der Waals surface area contributed by atoms with Crippen LogP contribution in [0.5, 0.6) is 0 Å². The smallest absolute Gasteiger partial charge is 0.0919 e. The standard InChI is InChI=1S/C8H16FNO/c1-2-10-5-6-11-8(7-10)3-4-9/h8H,2-7H2,1H3. The summed E-state index contributed by atoms with van der Waals surface area (Å²) >= 11 is 0. The summed E-state index contributed by atoms with van der Waals surface area (Å²) in [4.78, 5) is 2.30. The Bertz CT molecular complexity index is 108. The molecule has 11 heavy (non-hydrogen) atoms. The molecule has 0 spiro atoms. The van der Waals surface area contributed by atoms with E-state index >= 15 is 0 Å². The molecule has 0 aromatic rings. The summed E-state index contributed by atoms with van der Waals surface area (Å²) in [6.07, 6.45) is 0.685. The minimum absolute atomic E-state index is 0.133. The fourth-order valence-electron chi connectivity index (χ4n) is 1.36. The van der Waals surface area contributed by atoms with Gasteiger partial charge in [-0.1, -0.05) is 6.92 Å². The van der Waals surface area contributed by atoms with Crippen molar-refractivity contribution in [3.63, 3.8) is 0 Å². The maximum absolute atomic E-state index is 11.9. The lowest BCUT2D eigenvalue weighted by molar-refractivity contribution is -0.0325. The molecule has 0 aromatic heterocycles. The van der Waals surface area contributed by atoms with Gasteiger partial charge in [0, 0.05) is 19.5 Å². The first-order valence-electron chi connectivity index (χ1n) is 4.26. The van der Waals surface area contributed by atoms with Crippen LogP contribution in [0.3, 0.4) is 0 Å². The van der Waals surface area contributed by atoms with Crippen molar-refractivity contribution < 1.29 is 9.13 Å². The Hall–Kier alpha value is -0.150. The first-order valence-corrected chi connectivity index (χ1v) is 4.26. The maximum atomic E-state index is 11.9. The van der Waals surface area contributed by atoms with E-state index in [9.17, 15) is 4.39 Å². The summed E-state index contributed by atoms with van der Waals surface area (Å²) in [7, 11) is 0. The maximum Gasteiger partial charge on any atom is 0.0919 e. The molecule has 0 N–H and O–H groups in total. The van der Waals surface area contributed by atoms with E-state index in [-0.39, 0.29) is 12.8 Å². The molecule has 1 heterocycles. The van der Waals surface area contributed by atoms with E-state index in [4.69, 9.17) is 4.74 Å². The number of alkyl halides is 1. The average Bonchev–Trinajstić information content (AvgIpc) is 2.06. The van der Waals surface area contributed by atoms with Crippen LogP contribution >= 0.6 is 0 Å². The van der Waals surface area contributed by atoms with Crippen LogP contribution in [0.25, 0.3) is 0 Å². The summed E-state index contributed by atoms with van der Waals surface area (Å²) < 4.78 is 17.3. The summed E-state index contributed by atoms with van der Waals surface area (Å²) in [6, 6.07) is 0. The molecule has 0 bridgehead atoms. The van der Waals surface area contributed by atoms with E-state index in [1.165, 1.54) is 0 Å². The molecule has 0 saturated carbocycles. The van der Waals surface area contributed by atoms with Gasteiger partial charge in [0.15, 0.2) is 0 Å². The third-order valence-corrected chi connectivity index (χ3v) is 2.10. The summed E-state index contributed by atoms with van der Waals surface area (Å²) in [5, 5.41) is 0. The number of hydrogen-bond donors (Lipinski definition) is 0. The Labute approximate surface area is 67.3 Å². The molecule has 1 atom stereocenters. The largest absolute Gasteiger partial charge is 0.375 e. The molecule has 0 aliphatic carbocycles. The first kappa shape index (κ1) is 8.94. The third-order valence-electron chi connectivity index (χ3n) is 2.10. The second-order valence-corrected chi connectivity index (χ2v) is 2.86. The lowest BCUT2D eigenvalue weighted by Crippen LogP contribution is -2.42. The van der Waals surface area contributed by atoms with Gasteiger partial charge in [-0.25, -0.2) is 0 Å². The van der Waals surface area contributed by atoms with Crippen LogP contribution < -0.4 is 0 Å². The van der Waals surface area contributed by atoms with Gasteiger partial charge in [-0.3, -0.25) is 9.29 Å². The minimum atomic E-state index is -0.262. The van der Waals surface area contributed by atoms with E-state index in [1.54, 1.807) is 0 Å². The SMILES string of the molecule is CCN1CCOC(CCF)C1. The van der Waals surface area contributed by atoms with Crippen LogP contribution in [-0.4, -0.2) is 43.9 Å². The van der Waals surface area contributed by atoms with Gasteiger partial charge in [-0.15, -0.1) is 0 Å². The number of morpholine rings is 1. The molecule has 1 unspecified atom stereocenters. The summed E-state index contributed by atoms with van der Waals surface area (Å²) in [6.45, 7) is 5.57. The number of halogens is 1. The molecule has 1 rings (SSSR count). The van der Waals surface area contributed by atoms with Crippen molar-refractivity contribution in [3.05, 3.63) is 0 Å². The van der Waals surface area contributed by atoms with Gasteiger partial charge in [0.2, 0.25) is 0 Å². The van der Waals surface area contributed by atoms with Crippen LogP contribution in [0.15, 0.2) is 0 Å². The number of rotatable bonds is 3. The van der Waals surface area contributed by atoms with Crippen molar-refractivity contribution in [2.24, 2.45) is 0 Å². The zero-order chi connectivity index (χ0) is 8.10. The average molecular weight is 161 g/mol. The van der Waals surface area contributed by atoms with Gasteiger partial charge in [0.1, 0.15) is 0 Å². The predicted molar refractivity (Wildman–Crippen MR) is 42.4 cm³/mol. The van der Waals surface area contributed by atoms with E-state index in [1.807, 2.05) is 0 Å². The Kier molecular flexibility index (Phi) is 3.80. The van der Waals surface area contributed by atoms with Crippen LogP contribution in [0.1, 0.15) is 13.3 Å². The van der Waals surface area contributed by atoms with Gasteiger partial charge < -0.3 is 4.74 Å². The van der Waals surface area contributed by atoms with Gasteiger partial charge in [0.25, 0.3) is 0 Å². The fraction of sp³-hybridized carbons (Fsp3) is 1.00. The van der Waals surface area contributed by atoms with E-state index in [0.717, 1.165) is 26.2 Å². The Morgan fingerprint density at radius 3 is 3.09 bits per heavy atom. The molecule has 1 aliphatic heterocycles. The molecule has 0 amide bonds. The lowest BCUT2D eigenvalue weighted by Gasteiger charge is -2.31. The van der Waals surface area contributed by atoms with Crippen molar-refractivity contribution in [1.82, 2.24) is 4.90 Å². The van der Waals surface area contributed by atoms with Crippen molar-refractivity contribution >= 4 is 0 Å². The molecule has 2 nitrogen and oxygen atoms in total. The number of hydrogen-bond acceptors (Lipinski definition) is 2. The van der Waals surface area contributed by atoms with Crippen molar-refractivity contribution in [1.29, 1.82) is 0 Å². The fourth-order valence-corrected chi connectivity index (χ4v) is 1.36. The van der Waals surface area contributed by atoms with E-state index < -0.39 is 0 Å². The highest BCUT2D eigenvalue weighted by molar-refractivity contribution is 4.69. The molecule has 0 aromatic carbocycles. The van der Waals surface area contributed by atoms with Gasteiger partial charge in [-0.05, 0) is 6.54 Å². The Morgan fingerprint density at radius 2 is 2.45 bits per heavy atom. The third kappa shape index (κ3) is 2.75. The highest BCUT2D eigenvalue weighted by Gasteiger charge is 2.18.